The van der Waals surface area contributed by atoms with Gasteiger partial charge in [-0.2, -0.15) is 0 Å². The molecule has 1 aliphatic rings. The first-order chi connectivity index (χ1) is 14.9. The quantitative estimate of drug-likeness (QED) is 0.352. The van der Waals surface area contributed by atoms with Crippen molar-refractivity contribution in [3.8, 4) is 5.75 Å². The summed E-state index contributed by atoms with van der Waals surface area (Å²) in [6.45, 7) is 0.000333. The van der Waals surface area contributed by atoms with Crippen LogP contribution in [0.15, 0.2) is 70.9 Å². The van der Waals surface area contributed by atoms with Crippen molar-refractivity contribution < 1.29 is 28.2 Å². The van der Waals surface area contributed by atoms with Gasteiger partial charge in [0, 0.05) is 5.56 Å². The number of rotatable bonds is 5. The molecule has 0 spiro atoms. The molecule has 1 aromatic heterocycles. The maximum absolute atomic E-state index is 13.5. The van der Waals surface area contributed by atoms with Crippen molar-refractivity contribution in [2.75, 3.05) is 7.11 Å². The molecule has 1 saturated heterocycles. The number of carbonyl (C=O) groups excluding carboxylic acids is 2. The second kappa shape index (κ2) is 8.28. The third-order valence-electron chi connectivity index (χ3n) is 5.06. The number of aliphatic hydroxyl groups excluding tert-OH is 1. The zero-order valence-corrected chi connectivity index (χ0v) is 17.1. The summed E-state index contributed by atoms with van der Waals surface area (Å²) >= 11 is 6.06. The van der Waals surface area contributed by atoms with Gasteiger partial charge < -0.3 is 19.2 Å². The lowest BCUT2D eigenvalue weighted by molar-refractivity contribution is -0.140. The van der Waals surface area contributed by atoms with E-state index in [1.165, 1.54) is 60.7 Å². The van der Waals surface area contributed by atoms with Crippen molar-refractivity contribution in [3.05, 3.63) is 94.2 Å². The van der Waals surface area contributed by atoms with Gasteiger partial charge in [0.1, 0.15) is 23.1 Å². The number of hydrogen-bond donors (Lipinski definition) is 1. The highest BCUT2D eigenvalue weighted by Crippen LogP contribution is 2.41. The maximum atomic E-state index is 13.5. The molecule has 2 aromatic carbocycles. The highest BCUT2D eigenvalue weighted by Gasteiger charge is 2.46. The van der Waals surface area contributed by atoms with E-state index in [2.05, 4.69) is 0 Å². The van der Waals surface area contributed by atoms with Crippen LogP contribution in [0, 0.1) is 5.82 Å². The average Bonchev–Trinajstić information content (AvgIpc) is 3.37. The lowest BCUT2D eigenvalue weighted by atomic mass is 9.95. The predicted octanol–water partition coefficient (Wildman–Crippen LogP) is 4.70. The van der Waals surface area contributed by atoms with Gasteiger partial charge in [0.15, 0.2) is 0 Å². The van der Waals surface area contributed by atoms with Crippen LogP contribution in [0.4, 0.5) is 4.39 Å². The van der Waals surface area contributed by atoms with Crippen LogP contribution in [-0.2, 0) is 16.1 Å². The summed E-state index contributed by atoms with van der Waals surface area (Å²) in [7, 11) is 1.42. The molecule has 0 aliphatic carbocycles. The number of hydrogen-bond acceptors (Lipinski definition) is 5. The monoisotopic (exact) mass is 441 g/mol. The number of methoxy groups -OCH3 is 1. The van der Waals surface area contributed by atoms with Gasteiger partial charge in [0.2, 0.25) is 0 Å². The molecule has 0 bridgehead atoms. The smallest absolute Gasteiger partial charge is 0.296 e. The van der Waals surface area contributed by atoms with E-state index in [0.29, 0.717) is 22.1 Å². The molecule has 1 atom stereocenters. The SMILES string of the molecule is COc1cc(/C(O)=C2/C(=O)C(=O)N(Cc3ccco3)C2c2ccc(F)cc2)ccc1Cl. The highest BCUT2D eigenvalue weighted by atomic mass is 35.5. The largest absolute Gasteiger partial charge is 0.507 e. The van der Waals surface area contributed by atoms with Gasteiger partial charge in [-0.1, -0.05) is 23.7 Å². The molecule has 3 aromatic rings. The Kier molecular flexibility index (Phi) is 5.52. The number of aliphatic hydroxyl groups is 1. The third-order valence-corrected chi connectivity index (χ3v) is 5.37. The van der Waals surface area contributed by atoms with Crippen molar-refractivity contribution in [2.24, 2.45) is 0 Å². The first-order valence-electron chi connectivity index (χ1n) is 9.31. The van der Waals surface area contributed by atoms with E-state index in [1.54, 1.807) is 12.1 Å². The number of amides is 1. The molecule has 1 N–H and O–H groups in total. The maximum Gasteiger partial charge on any atom is 0.296 e. The molecule has 6 nitrogen and oxygen atoms in total. The van der Waals surface area contributed by atoms with Gasteiger partial charge in [0.25, 0.3) is 11.7 Å². The minimum Gasteiger partial charge on any atom is -0.507 e. The van der Waals surface area contributed by atoms with Crippen LogP contribution >= 0.6 is 11.6 Å². The summed E-state index contributed by atoms with van der Waals surface area (Å²) in [4.78, 5) is 27.1. The number of ketones is 1. The number of benzene rings is 2. The van der Waals surface area contributed by atoms with Gasteiger partial charge in [0.05, 0.1) is 36.6 Å². The van der Waals surface area contributed by atoms with E-state index >= 15 is 0 Å². The first kappa shape index (κ1) is 20.7. The van der Waals surface area contributed by atoms with E-state index in [0.717, 1.165) is 0 Å². The molecule has 8 heteroatoms. The predicted molar refractivity (Wildman–Crippen MR) is 111 cm³/mol. The number of furan rings is 1. The van der Waals surface area contributed by atoms with Crippen molar-refractivity contribution in [1.82, 2.24) is 4.90 Å². The second-order valence-corrected chi connectivity index (χ2v) is 7.31. The molecule has 158 valence electrons. The Morgan fingerprint density at radius 3 is 2.58 bits per heavy atom. The summed E-state index contributed by atoms with van der Waals surface area (Å²) in [6, 6.07) is 12.3. The van der Waals surface area contributed by atoms with Crippen LogP contribution in [0.3, 0.4) is 0 Å². The van der Waals surface area contributed by atoms with Crippen LogP contribution in [0.25, 0.3) is 5.76 Å². The minimum atomic E-state index is -0.938. The number of nitrogens with zero attached hydrogens (tertiary/aromatic N) is 1. The Morgan fingerprint density at radius 2 is 1.94 bits per heavy atom. The zero-order valence-electron chi connectivity index (χ0n) is 16.3. The van der Waals surface area contributed by atoms with Crippen LogP contribution in [0.1, 0.15) is 22.9 Å². The summed E-state index contributed by atoms with van der Waals surface area (Å²) in [5.74, 6) is -1.74. The second-order valence-electron chi connectivity index (χ2n) is 6.91. The molecule has 4 rings (SSSR count). The summed E-state index contributed by atoms with van der Waals surface area (Å²) in [5, 5.41) is 11.4. The molecule has 1 amide bonds. The summed E-state index contributed by atoms with van der Waals surface area (Å²) in [6.07, 6.45) is 1.46. The fourth-order valence-electron chi connectivity index (χ4n) is 3.57. The topological polar surface area (TPSA) is 80.0 Å². The number of carbonyl (C=O) groups is 2. The molecule has 31 heavy (non-hydrogen) atoms. The molecular formula is C23H17ClFNO5. The number of ether oxygens (including phenoxy) is 1. The first-order valence-corrected chi connectivity index (χ1v) is 9.68. The zero-order chi connectivity index (χ0) is 22.1. The highest BCUT2D eigenvalue weighted by molar-refractivity contribution is 6.46. The van der Waals surface area contributed by atoms with Crippen LogP contribution < -0.4 is 4.74 Å². The number of halogens is 2. The third kappa shape index (κ3) is 3.80. The fraction of sp³-hybridized carbons (Fsp3) is 0.130. The Bertz CT molecular complexity index is 1170. The Morgan fingerprint density at radius 1 is 1.19 bits per heavy atom. The van der Waals surface area contributed by atoms with Gasteiger partial charge >= 0.3 is 0 Å². The van der Waals surface area contributed by atoms with E-state index in [4.69, 9.17) is 20.8 Å². The molecular weight excluding hydrogens is 425 g/mol. The van der Waals surface area contributed by atoms with Gasteiger partial charge in [-0.05, 0) is 48.0 Å². The molecule has 2 heterocycles. The average molecular weight is 442 g/mol. The number of Topliss-reactive ketones (excluding diaryl/α,β-unsaturated/α-hetero) is 1. The Hall–Kier alpha value is -3.58. The van der Waals surface area contributed by atoms with Crippen molar-refractivity contribution >= 4 is 29.1 Å². The molecule has 1 aliphatic heterocycles. The normalized spacial score (nSPS) is 17.9. The van der Waals surface area contributed by atoms with Crippen LogP contribution in [0.5, 0.6) is 5.75 Å². The number of likely N-dealkylation sites (tertiary alicyclic amines) is 1. The lowest BCUT2D eigenvalue weighted by Gasteiger charge is -2.24. The summed E-state index contributed by atoms with van der Waals surface area (Å²) in [5.41, 5.74) is 0.603. The minimum absolute atomic E-state index is 0.000333. The van der Waals surface area contributed by atoms with Crippen molar-refractivity contribution in [1.29, 1.82) is 0 Å². The molecule has 1 unspecified atom stereocenters. The van der Waals surface area contributed by atoms with Gasteiger partial charge in [-0.15, -0.1) is 0 Å². The van der Waals surface area contributed by atoms with Crippen LogP contribution in [-0.4, -0.2) is 28.8 Å². The van der Waals surface area contributed by atoms with E-state index in [1.807, 2.05) is 0 Å². The Labute approximate surface area is 182 Å². The molecule has 1 fully saturated rings. The van der Waals surface area contributed by atoms with E-state index in [-0.39, 0.29) is 23.4 Å². The van der Waals surface area contributed by atoms with Crippen molar-refractivity contribution in [3.63, 3.8) is 0 Å². The van der Waals surface area contributed by atoms with Gasteiger partial charge in [-0.3, -0.25) is 9.59 Å². The van der Waals surface area contributed by atoms with Crippen molar-refractivity contribution in [2.45, 2.75) is 12.6 Å². The molecule has 0 radical (unpaired) electrons. The Balaban J connectivity index is 1.87. The standard InChI is InChI=1S/C23H17ClFNO5/c1-30-18-11-14(6-9-17(18)24)21(27)19-20(13-4-7-15(25)8-5-13)26(23(29)22(19)28)12-16-3-2-10-31-16/h2-11,20,27H,12H2,1H3/b21-19-. The van der Waals surface area contributed by atoms with E-state index < -0.39 is 23.5 Å². The lowest BCUT2D eigenvalue weighted by Crippen LogP contribution is -2.29. The van der Waals surface area contributed by atoms with Gasteiger partial charge in [-0.25, -0.2) is 4.39 Å². The summed E-state index contributed by atoms with van der Waals surface area (Å²) < 4.78 is 24.0. The van der Waals surface area contributed by atoms with E-state index in [9.17, 15) is 19.1 Å². The molecule has 0 saturated carbocycles. The van der Waals surface area contributed by atoms with Crippen LogP contribution in [0.2, 0.25) is 5.02 Å². The fourth-order valence-corrected chi connectivity index (χ4v) is 3.76.